The van der Waals surface area contributed by atoms with Crippen LogP contribution in [-0.4, -0.2) is 41.7 Å². The molecule has 7 nitrogen and oxygen atoms in total. The number of nitrogens with zero attached hydrogens (tertiary/aromatic N) is 1. The van der Waals surface area contributed by atoms with Crippen LogP contribution in [0.5, 0.6) is 11.5 Å². The molecule has 1 N–H and O–H groups in total. The van der Waals surface area contributed by atoms with E-state index in [1.807, 2.05) is 32.0 Å². The van der Waals surface area contributed by atoms with E-state index in [1.165, 1.54) is 0 Å². The molecule has 0 radical (unpaired) electrons. The summed E-state index contributed by atoms with van der Waals surface area (Å²) in [6, 6.07) is 10.7. The van der Waals surface area contributed by atoms with Crippen molar-refractivity contribution in [3.05, 3.63) is 69.6 Å². The van der Waals surface area contributed by atoms with Crippen molar-refractivity contribution >= 4 is 56.5 Å². The minimum Gasteiger partial charge on any atom is -0.490 e. The number of ether oxygens (including phenoxy) is 2. The molecule has 3 rings (SSSR count). The minimum atomic E-state index is -0.527. The van der Waals surface area contributed by atoms with Gasteiger partial charge in [-0.2, -0.15) is 0 Å². The number of nitrogens with one attached hydrogen (secondary N) is 1. The van der Waals surface area contributed by atoms with Crippen LogP contribution >= 0.6 is 27.7 Å². The predicted molar refractivity (Wildman–Crippen MR) is 133 cm³/mol. The maximum atomic E-state index is 12.8. The molecule has 0 spiro atoms. The number of carbonyl (C=O) groups is 3. The van der Waals surface area contributed by atoms with Crippen LogP contribution in [0.4, 0.5) is 10.5 Å². The summed E-state index contributed by atoms with van der Waals surface area (Å²) in [7, 11) is 0. The maximum absolute atomic E-state index is 12.8. The fourth-order valence-electron chi connectivity index (χ4n) is 3.04. The summed E-state index contributed by atoms with van der Waals surface area (Å²) in [5, 5.41) is 2.21. The predicted octanol–water partition coefficient (Wildman–Crippen LogP) is 5.40. The van der Waals surface area contributed by atoms with Gasteiger partial charge >= 0.3 is 0 Å². The number of aryl methyl sites for hydroxylation is 1. The summed E-state index contributed by atoms with van der Waals surface area (Å²) in [5.41, 5.74) is 2.23. The van der Waals surface area contributed by atoms with Gasteiger partial charge in [0.05, 0.1) is 11.5 Å². The second-order valence-electron chi connectivity index (χ2n) is 7.04. The van der Waals surface area contributed by atoms with Gasteiger partial charge in [-0.05, 0) is 67.1 Å². The van der Waals surface area contributed by atoms with Crippen molar-refractivity contribution in [2.45, 2.75) is 13.8 Å². The first-order valence-corrected chi connectivity index (χ1v) is 11.7. The lowest BCUT2D eigenvalue weighted by Gasteiger charge is -2.13. The Kier molecular flexibility index (Phi) is 8.35. The van der Waals surface area contributed by atoms with Crippen LogP contribution in [-0.2, 0) is 9.59 Å². The van der Waals surface area contributed by atoms with E-state index >= 15 is 0 Å². The van der Waals surface area contributed by atoms with Crippen LogP contribution in [0.25, 0.3) is 6.08 Å². The Labute approximate surface area is 204 Å². The average molecular weight is 531 g/mol. The first kappa shape index (κ1) is 24.6. The summed E-state index contributed by atoms with van der Waals surface area (Å²) in [6.07, 6.45) is 3.22. The highest BCUT2D eigenvalue weighted by molar-refractivity contribution is 9.10. The van der Waals surface area contributed by atoms with E-state index < -0.39 is 17.1 Å². The molecule has 0 saturated carbocycles. The number of thioether (sulfide) groups is 1. The molecule has 1 aliphatic heterocycles. The first-order valence-electron chi connectivity index (χ1n) is 10.1. The number of benzene rings is 2. The van der Waals surface area contributed by atoms with E-state index in [4.69, 9.17) is 9.47 Å². The molecule has 2 aromatic rings. The Balaban J connectivity index is 1.77. The average Bonchev–Trinajstić information content (AvgIpc) is 3.02. The Morgan fingerprint density at radius 2 is 1.97 bits per heavy atom. The van der Waals surface area contributed by atoms with E-state index in [9.17, 15) is 14.4 Å². The highest BCUT2D eigenvalue weighted by Crippen LogP contribution is 2.38. The lowest BCUT2D eigenvalue weighted by molar-refractivity contribution is -0.127. The van der Waals surface area contributed by atoms with Crippen LogP contribution in [0.1, 0.15) is 18.1 Å². The molecule has 1 saturated heterocycles. The van der Waals surface area contributed by atoms with Crippen molar-refractivity contribution in [1.29, 1.82) is 0 Å². The van der Waals surface area contributed by atoms with Crippen LogP contribution in [0, 0.1) is 6.92 Å². The third-order valence-electron chi connectivity index (χ3n) is 4.48. The normalized spacial score (nSPS) is 14.5. The molecule has 172 valence electrons. The number of carbonyl (C=O) groups excluding carboxylic acids is 3. The van der Waals surface area contributed by atoms with Crippen molar-refractivity contribution in [3.63, 3.8) is 0 Å². The van der Waals surface area contributed by atoms with E-state index in [2.05, 4.69) is 27.8 Å². The van der Waals surface area contributed by atoms with Crippen molar-refractivity contribution < 1.29 is 23.9 Å². The molecular weight excluding hydrogens is 508 g/mol. The van der Waals surface area contributed by atoms with Crippen molar-refractivity contribution in [3.8, 4) is 11.5 Å². The Morgan fingerprint density at radius 1 is 1.21 bits per heavy atom. The van der Waals surface area contributed by atoms with E-state index in [0.717, 1.165) is 22.2 Å². The molecule has 1 fully saturated rings. The zero-order valence-corrected chi connectivity index (χ0v) is 20.6. The molecule has 0 unspecified atom stereocenters. The van der Waals surface area contributed by atoms with Gasteiger partial charge in [-0.25, -0.2) is 0 Å². The molecule has 0 bridgehead atoms. The van der Waals surface area contributed by atoms with Crippen LogP contribution in [0.15, 0.2) is 58.4 Å². The molecule has 33 heavy (non-hydrogen) atoms. The Bertz CT molecular complexity index is 1130. The highest BCUT2D eigenvalue weighted by atomic mass is 79.9. The number of anilines is 1. The minimum absolute atomic E-state index is 0.214. The Hall–Kier alpha value is -3.04. The topological polar surface area (TPSA) is 84.9 Å². The lowest BCUT2D eigenvalue weighted by Crippen LogP contribution is -2.36. The fraction of sp³-hybridized carbons (Fsp3) is 0.208. The van der Waals surface area contributed by atoms with Crippen molar-refractivity contribution in [2.75, 3.05) is 25.1 Å². The van der Waals surface area contributed by atoms with Crippen LogP contribution < -0.4 is 14.8 Å². The van der Waals surface area contributed by atoms with E-state index in [-0.39, 0.29) is 11.4 Å². The molecule has 0 aliphatic carbocycles. The number of hydrogen-bond donors (Lipinski definition) is 1. The summed E-state index contributed by atoms with van der Waals surface area (Å²) >= 11 is 4.26. The number of rotatable bonds is 9. The Morgan fingerprint density at radius 3 is 2.67 bits per heavy atom. The zero-order chi connectivity index (χ0) is 24.0. The van der Waals surface area contributed by atoms with E-state index in [0.29, 0.717) is 40.4 Å². The standard InChI is InChI=1S/C24H23BrN2O5S/c1-4-9-32-20-13-18(25)16(11-19(20)31-5-2)12-21-23(29)27(24(30)33-21)14-22(28)26-17-8-6-7-15(3)10-17/h4,6-8,10-13H,1,5,9,14H2,2-3H3,(H,26,28)/b21-12-. The number of halogens is 1. The van der Waals surface area contributed by atoms with Gasteiger partial charge in [0, 0.05) is 10.2 Å². The molecule has 2 aromatic carbocycles. The lowest BCUT2D eigenvalue weighted by atomic mass is 10.1. The molecular formula is C24H23BrN2O5S. The third-order valence-corrected chi connectivity index (χ3v) is 6.08. The zero-order valence-electron chi connectivity index (χ0n) is 18.2. The monoisotopic (exact) mass is 530 g/mol. The molecule has 1 aliphatic rings. The van der Waals surface area contributed by atoms with E-state index in [1.54, 1.807) is 30.4 Å². The van der Waals surface area contributed by atoms with Gasteiger partial charge in [-0.3, -0.25) is 19.3 Å². The van der Waals surface area contributed by atoms with Crippen LogP contribution in [0.3, 0.4) is 0 Å². The van der Waals surface area contributed by atoms with Gasteiger partial charge in [0.25, 0.3) is 11.1 Å². The van der Waals surface area contributed by atoms with Crippen molar-refractivity contribution in [2.24, 2.45) is 0 Å². The largest absolute Gasteiger partial charge is 0.490 e. The molecule has 3 amide bonds. The molecule has 0 aromatic heterocycles. The van der Waals surface area contributed by atoms with Crippen LogP contribution in [0.2, 0.25) is 0 Å². The van der Waals surface area contributed by atoms with Crippen molar-refractivity contribution in [1.82, 2.24) is 4.90 Å². The summed E-state index contributed by atoms with van der Waals surface area (Å²) < 4.78 is 11.9. The first-order chi connectivity index (χ1) is 15.8. The van der Waals surface area contributed by atoms with Gasteiger partial charge in [-0.15, -0.1) is 0 Å². The number of amides is 3. The van der Waals surface area contributed by atoms with Gasteiger partial charge in [0.2, 0.25) is 5.91 Å². The summed E-state index contributed by atoms with van der Waals surface area (Å²) in [4.78, 5) is 38.8. The number of hydrogen-bond acceptors (Lipinski definition) is 6. The molecule has 0 atom stereocenters. The highest BCUT2D eigenvalue weighted by Gasteiger charge is 2.36. The number of imide groups is 1. The smallest absolute Gasteiger partial charge is 0.294 e. The second-order valence-corrected chi connectivity index (χ2v) is 8.89. The fourth-order valence-corrected chi connectivity index (χ4v) is 4.30. The molecule has 1 heterocycles. The van der Waals surface area contributed by atoms with Gasteiger partial charge in [0.15, 0.2) is 11.5 Å². The SMILES string of the molecule is C=CCOc1cc(Br)c(/C=C2\SC(=O)N(CC(=O)Nc3cccc(C)c3)C2=O)cc1OCC. The molecule has 9 heteroatoms. The summed E-state index contributed by atoms with van der Waals surface area (Å²) in [5.74, 6) is 0.0566. The van der Waals surface area contributed by atoms with Gasteiger partial charge < -0.3 is 14.8 Å². The maximum Gasteiger partial charge on any atom is 0.294 e. The second kappa shape index (κ2) is 11.2. The third kappa shape index (κ3) is 6.27. The van der Waals surface area contributed by atoms with Gasteiger partial charge in [0.1, 0.15) is 13.2 Å². The van der Waals surface area contributed by atoms with Gasteiger partial charge in [-0.1, -0.05) is 40.7 Å². The quantitative estimate of drug-likeness (QED) is 0.345. The summed E-state index contributed by atoms with van der Waals surface area (Å²) in [6.45, 7) is 7.78.